The van der Waals surface area contributed by atoms with Crippen molar-refractivity contribution in [3.05, 3.63) is 35.4 Å². The summed E-state index contributed by atoms with van der Waals surface area (Å²) in [6, 6.07) is 2.89. The fourth-order valence-corrected chi connectivity index (χ4v) is 1.40. The molecule has 0 spiro atoms. The van der Waals surface area contributed by atoms with Gasteiger partial charge in [0.2, 0.25) is 6.10 Å². The van der Waals surface area contributed by atoms with Crippen LogP contribution in [0.4, 0.5) is 8.78 Å². The Bertz CT molecular complexity index is 453. The summed E-state index contributed by atoms with van der Waals surface area (Å²) in [7, 11) is 0. The Hall–Kier alpha value is -1.98. The highest BCUT2D eigenvalue weighted by atomic mass is 19.1. The van der Waals surface area contributed by atoms with Crippen LogP contribution in [0, 0.1) is 11.6 Å². The molecule has 0 fully saturated rings. The first-order chi connectivity index (χ1) is 7.56. The van der Waals surface area contributed by atoms with Crippen LogP contribution in [0.15, 0.2) is 23.4 Å². The van der Waals surface area contributed by atoms with Gasteiger partial charge in [0.25, 0.3) is 0 Å². The van der Waals surface area contributed by atoms with Gasteiger partial charge in [0.05, 0.1) is 5.71 Å². The van der Waals surface area contributed by atoms with Gasteiger partial charge >= 0.3 is 5.97 Å². The molecule has 0 aliphatic carbocycles. The molecule has 4 nitrogen and oxygen atoms in total. The van der Waals surface area contributed by atoms with Gasteiger partial charge in [-0.1, -0.05) is 5.16 Å². The summed E-state index contributed by atoms with van der Waals surface area (Å²) in [6.07, 6.45) is -1.08. The second kappa shape index (κ2) is 3.88. The highest BCUT2D eigenvalue weighted by Gasteiger charge is 2.28. The SMILES string of the molecule is O=C(O)[C@H]1CC(c2cc(F)cc(F)c2)=NO1. The summed E-state index contributed by atoms with van der Waals surface area (Å²) in [6.45, 7) is 0. The predicted molar refractivity (Wildman–Crippen MR) is 50.0 cm³/mol. The summed E-state index contributed by atoms with van der Waals surface area (Å²) < 4.78 is 25.8. The van der Waals surface area contributed by atoms with Crippen molar-refractivity contribution >= 4 is 11.7 Å². The Labute approximate surface area is 89.1 Å². The minimum absolute atomic E-state index is 0.00176. The van der Waals surface area contributed by atoms with Crippen molar-refractivity contribution in [3.63, 3.8) is 0 Å². The normalized spacial score (nSPS) is 19.1. The van der Waals surface area contributed by atoms with Gasteiger partial charge in [-0.05, 0) is 12.1 Å². The van der Waals surface area contributed by atoms with Crippen LogP contribution in [0.5, 0.6) is 0 Å². The minimum atomic E-state index is -1.16. The number of benzene rings is 1. The van der Waals surface area contributed by atoms with E-state index in [1.807, 2.05) is 0 Å². The Morgan fingerprint density at radius 1 is 1.38 bits per heavy atom. The lowest BCUT2D eigenvalue weighted by Crippen LogP contribution is -2.19. The van der Waals surface area contributed by atoms with Gasteiger partial charge in [-0.2, -0.15) is 0 Å². The minimum Gasteiger partial charge on any atom is -0.478 e. The topological polar surface area (TPSA) is 58.9 Å². The van der Waals surface area contributed by atoms with Crippen molar-refractivity contribution in [1.82, 2.24) is 0 Å². The number of halogens is 2. The van der Waals surface area contributed by atoms with Crippen LogP contribution in [0.25, 0.3) is 0 Å². The monoisotopic (exact) mass is 227 g/mol. The molecule has 1 aromatic carbocycles. The van der Waals surface area contributed by atoms with E-state index in [0.717, 1.165) is 18.2 Å². The fourth-order valence-electron chi connectivity index (χ4n) is 1.40. The third-order valence-electron chi connectivity index (χ3n) is 2.14. The van der Waals surface area contributed by atoms with Crippen molar-refractivity contribution < 1.29 is 23.5 Å². The molecule has 0 aromatic heterocycles. The molecule has 1 aliphatic heterocycles. The van der Waals surface area contributed by atoms with Crippen molar-refractivity contribution in [1.29, 1.82) is 0 Å². The number of hydrogen-bond acceptors (Lipinski definition) is 3. The van der Waals surface area contributed by atoms with E-state index in [1.54, 1.807) is 0 Å². The second-order valence-corrected chi connectivity index (χ2v) is 3.33. The number of hydrogen-bond donors (Lipinski definition) is 1. The fraction of sp³-hybridized carbons (Fsp3) is 0.200. The number of aliphatic carboxylic acids is 1. The number of carboxylic acid groups (broad SMARTS) is 1. The summed E-state index contributed by atoms with van der Waals surface area (Å²) >= 11 is 0. The largest absolute Gasteiger partial charge is 0.478 e. The number of rotatable bonds is 2. The Morgan fingerprint density at radius 3 is 2.50 bits per heavy atom. The molecule has 84 valence electrons. The summed E-state index contributed by atoms with van der Waals surface area (Å²) in [5, 5.41) is 12.1. The van der Waals surface area contributed by atoms with Crippen molar-refractivity contribution in [2.24, 2.45) is 5.16 Å². The van der Waals surface area contributed by atoms with Crippen molar-refractivity contribution in [2.75, 3.05) is 0 Å². The third kappa shape index (κ3) is 2.00. The quantitative estimate of drug-likeness (QED) is 0.833. The molecule has 1 heterocycles. The molecule has 0 unspecified atom stereocenters. The van der Waals surface area contributed by atoms with E-state index in [9.17, 15) is 13.6 Å². The van der Waals surface area contributed by atoms with E-state index < -0.39 is 23.7 Å². The Morgan fingerprint density at radius 2 is 2.00 bits per heavy atom. The lowest BCUT2D eigenvalue weighted by Gasteiger charge is -2.00. The lowest BCUT2D eigenvalue weighted by molar-refractivity contribution is -0.148. The predicted octanol–water partition coefficient (Wildman–Crippen LogP) is 1.54. The number of carbonyl (C=O) groups is 1. The molecular formula is C10H7F2NO3. The zero-order valence-corrected chi connectivity index (χ0v) is 7.98. The molecule has 0 saturated carbocycles. The molecule has 1 atom stereocenters. The van der Waals surface area contributed by atoms with Gasteiger partial charge in [0.15, 0.2) is 0 Å². The van der Waals surface area contributed by atoms with E-state index in [2.05, 4.69) is 9.99 Å². The smallest absolute Gasteiger partial charge is 0.348 e. The van der Waals surface area contributed by atoms with Gasteiger partial charge in [0, 0.05) is 18.1 Å². The zero-order chi connectivity index (χ0) is 11.7. The van der Waals surface area contributed by atoms with Crippen LogP contribution < -0.4 is 0 Å². The average molecular weight is 227 g/mol. The zero-order valence-electron chi connectivity index (χ0n) is 7.98. The first-order valence-corrected chi connectivity index (χ1v) is 4.48. The first-order valence-electron chi connectivity index (χ1n) is 4.48. The number of nitrogens with zero attached hydrogens (tertiary/aromatic N) is 1. The van der Waals surface area contributed by atoms with E-state index in [-0.39, 0.29) is 17.7 Å². The van der Waals surface area contributed by atoms with Crippen LogP contribution in [-0.4, -0.2) is 22.9 Å². The molecule has 0 radical (unpaired) electrons. The molecule has 6 heteroatoms. The van der Waals surface area contributed by atoms with E-state index in [0.29, 0.717) is 0 Å². The molecule has 1 N–H and O–H groups in total. The molecule has 16 heavy (non-hydrogen) atoms. The van der Waals surface area contributed by atoms with Gasteiger partial charge in [0.1, 0.15) is 11.6 Å². The molecular weight excluding hydrogens is 220 g/mol. The lowest BCUT2D eigenvalue weighted by atomic mass is 10.0. The number of carboxylic acids is 1. The summed E-state index contributed by atoms with van der Waals surface area (Å²) in [4.78, 5) is 15.2. The molecule has 1 aliphatic rings. The van der Waals surface area contributed by atoms with E-state index in [1.165, 1.54) is 0 Å². The van der Waals surface area contributed by atoms with Crippen LogP contribution in [0.3, 0.4) is 0 Å². The van der Waals surface area contributed by atoms with Crippen LogP contribution >= 0.6 is 0 Å². The molecule has 0 bridgehead atoms. The Kier molecular flexibility index (Phi) is 2.55. The van der Waals surface area contributed by atoms with Gasteiger partial charge in [-0.3, -0.25) is 0 Å². The van der Waals surface area contributed by atoms with Gasteiger partial charge < -0.3 is 9.94 Å². The van der Waals surface area contributed by atoms with Gasteiger partial charge in [-0.15, -0.1) is 0 Å². The molecule has 2 rings (SSSR count). The van der Waals surface area contributed by atoms with E-state index >= 15 is 0 Å². The number of oxime groups is 1. The molecule has 0 amide bonds. The van der Waals surface area contributed by atoms with Crippen molar-refractivity contribution in [3.8, 4) is 0 Å². The standard InChI is InChI=1S/C10H7F2NO3/c11-6-1-5(2-7(12)3-6)8-4-9(10(14)15)16-13-8/h1-3,9H,4H2,(H,14,15)/t9-/m1/s1. The molecule has 0 saturated heterocycles. The van der Waals surface area contributed by atoms with Crippen LogP contribution in [0.2, 0.25) is 0 Å². The van der Waals surface area contributed by atoms with E-state index in [4.69, 9.17) is 5.11 Å². The Balaban J connectivity index is 2.23. The molecule has 1 aromatic rings. The third-order valence-corrected chi connectivity index (χ3v) is 2.14. The highest BCUT2D eigenvalue weighted by molar-refractivity contribution is 6.03. The van der Waals surface area contributed by atoms with Gasteiger partial charge in [-0.25, -0.2) is 13.6 Å². The highest BCUT2D eigenvalue weighted by Crippen LogP contribution is 2.18. The summed E-state index contributed by atoms with van der Waals surface area (Å²) in [5.74, 6) is -2.64. The maximum Gasteiger partial charge on any atom is 0.348 e. The van der Waals surface area contributed by atoms with Crippen LogP contribution in [-0.2, 0) is 9.63 Å². The maximum absolute atomic E-state index is 12.9. The maximum atomic E-state index is 12.9. The van der Waals surface area contributed by atoms with Crippen LogP contribution in [0.1, 0.15) is 12.0 Å². The summed E-state index contributed by atoms with van der Waals surface area (Å²) in [5.41, 5.74) is 0.423. The van der Waals surface area contributed by atoms with Crippen molar-refractivity contribution in [2.45, 2.75) is 12.5 Å². The average Bonchev–Trinajstić information content (AvgIpc) is 2.64. The second-order valence-electron chi connectivity index (χ2n) is 3.33. The first kappa shape index (κ1) is 10.5.